The van der Waals surface area contributed by atoms with Crippen molar-refractivity contribution in [2.24, 2.45) is 0 Å². The Morgan fingerprint density at radius 3 is 2.46 bits per heavy atom. The van der Waals surface area contributed by atoms with Crippen LogP contribution in [-0.4, -0.2) is 17.9 Å². The first-order valence-electron chi connectivity index (χ1n) is 11.4. The Kier molecular flexibility index (Phi) is 7.43. The van der Waals surface area contributed by atoms with Crippen LogP contribution in [0.15, 0.2) is 71.1 Å². The number of nitrogens with zero attached hydrogens (tertiary/aromatic N) is 1. The fourth-order valence-electron chi connectivity index (χ4n) is 3.71. The van der Waals surface area contributed by atoms with Crippen molar-refractivity contribution in [3.05, 3.63) is 105 Å². The molecule has 9 nitrogen and oxygen atoms in total. The summed E-state index contributed by atoms with van der Waals surface area (Å²) in [5.74, 6) is 1.80. The number of nitrogens with one attached hydrogen (secondary N) is 1. The molecule has 4 rings (SSSR count). The van der Waals surface area contributed by atoms with Gasteiger partial charge in [-0.1, -0.05) is 18.2 Å². The number of ether oxygens (including phenoxy) is 3. The summed E-state index contributed by atoms with van der Waals surface area (Å²) < 4.78 is 22.6. The van der Waals surface area contributed by atoms with E-state index in [0.29, 0.717) is 23.0 Å². The van der Waals surface area contributed by atoms with Crippen molar-refractivity contribution in [1.82, 2.24) is 0 Å². The Bertz CT molecular complexity index is 1460. The molecule has 0 unspecified atom stereocenters. The van der Waals surface area contributed by atoms with Gasteiger partial charge in [-0.25, -0.2) is 0 Å². The van der Waals surface area contributed by atoms with E-state index >= 15 is 0 Å². The molecule has 0 fully saturated rings. The smallest absolute Gasteiger partial charge is 0.291 e. The summed E-state index contributed by atoms with van der Waals surface area (Å²) >= 11 is 0. The van der Waals surface area contributed by atoms with Gasteiger partial charge in [0.1, 0.15) is 23.9 Å². The highest BCUT2D eigenvalue weighted by Gasteiger charge is 2.17. The minimum absolute atomic E-state index is 0.0257. The van der Waals surface area contributed by atoms with E-state index in [9.17, 15) is 14.9 Å². The monoisotopic (exact) mass is 502 g/mol. The number of nitro groups is 1. The number of nitro benzene ring substituents is 1. The number of anilines is 1. The van der Waals surface area contributed by atoms with Crippen molar-refractivity contribution in [2.45, 2.75) is 27.4 Å². The lowest BCUT2D eigenvalue weighted by atomic mass is 10.1. The van der Waals surface area contributed by atoms with E-state index < -0.39 is 10.8 Å². The van der Waals surface area contributed by atoms with E-state index in [2.05, 4.69) is 5.32 Å². The van der Waals surface area contributed by atoms with Crippen LogP contribution in [0.2, 0.25) is 0 Å². The summed E-state index contributed by atoms with van der Waals surface area (Å²) in [7, 11) is 1.55. The maximum atomic E-state index is 12.8. The van der Waals surface area contributed by atoms with Crippen LogP contribution in [0.3, 0.4) is 0 Å². The largest absolute Gasteiger partial charge is 0.493 e. The third-order valence-corrected chi connectivity index (χ3v) is 5.68. The minimum atomic E-state index is -0.572. The normalized spacial score (nSPS) is 10.6. The van der Waals surface area contributed by atoms with Crippen LogP contribution in [0, 0.1) is 30.9 Å². The molecular formula is C28H26N2O7. The van der Waals surface area contributed by atoms with Gasteiger partial charge >= 0.3 is 0 Å². The van der Waals surface area contributed by atoms with E-state index in [1.807, 2.05) is 45.0 Å². The molecule has 0 aliphatic carbocycles. The predicted molar refractivity (Wildman–Crippen MR) is 138 cm³/mol. The molecule has 37 heavy (non-hydrogen) atoms. The molecule has 190 valence electrons. The molecule has 3 aromatic carbocycles. The minimum Gasteiger partial charge on any atom is -0.493 e. The molecule has 0 aliphatic heterocycles. The average Bonchev–Trinajstić information content (AvgIpc) is 3.35. The molecule has 9 heteroatoms. The molecule has 1 aromatic heterocycles. The van der Waals surface area contributed by atoms with Gasteiger partial charge in [0, 0.05) is 12.1 Å². The van der Waals surface area contributed by atoms with Gasteiger partial charge in [-0.2, -0.15) is 0 Å². The molecule has 0 spiro atoms. The fourth-order valence-corrected chi connectivity index (χ4v) is 3.71. The van der Waals surface area contributed by atoms with Gasteiger partial charge in [-0.05, 0) is 67.8 Å². The quantitative estimate of drug-likeness (QED) is 0.199. The maximum absolute atomic E-state index is 12.8. The van der Waals surface area contributed by atoms with E-state index in [1.165, 1.54) is 24.3 Å². The second kappa shape index (κ2) is 10.9. The SMILES string of the molecule is COc1ccccc1OCc1ccc(C(=O)Nc2cc(Oc3cc(C)cc(C)c3C)cc([N+](=O)[O-])c2)o1. The Morgan fingerprint density at radius 2 is 1.73 bits per heavy atom. The summed E-state index contributed by atoms with van der Waals surface area (Å²) in [6.07, 6.45) is 0. The molecular weight excluding hydrogens is 476 g/mol. The number of para-hydroxylation sites is 2. The summed E-state index contributed by atoms with van der Waals surface area (Å²) in [5, 5.41) is 14.2. The molecule has 0 saturated heterocycles. The Labute approximate surface area is 213 Å². The predicted octanol–water partition coefficient (Wildman–Crippen LogP) is 6.75. The zero-order valence-electron chi connectivity index (χ0n) is 20.9. The second-order valence-corrected chi connectivity index (χ2v) is 8.44. The molecule has 0 radical (unpaired) electrons. The van der Waals surface area contributed by atoms with Crippen LogP contribution in [0.1, 0.15) is 33.0 Å². The summed E-state index contributed by atoms with van der Waals surface area (Å²) in [4.78, 5) is 23.8. The van der Waals surface area contributed by atoms with E-state index in [1.54, 1.807) is 25.3 Å². The molecule has 0 saturated carbocycles. The van der Waals surface area contributed by atoms with Gasteiger partial charge < -0.3 is 23.9 Å². The third kappa shape index (κ3) is 6.07. The van der Waals surface area contributed by atoms with Gasteiger partial charge in [-0.15, -0.1) is 0 Å². The van der Waals surface area contributed by atoms with E-state index in [4.69, 9.17) is 18.6 Å². The van der Waals surface area contributed by atoms with Crippen LogP contribution >= 0.6 is 0 Å². The van der Waals surface area contributed by atoms with Gasteiger partial charge in [0.2, 0.25) is 0 Å². The number of aryl methyl sites for hydroxylation is 2. The number of hydrogen-bond donors (Lipinski definition) is 1. The van der Waals surface area contributed by atoms with Crippen LogP contribution in [0.4, 0.5) is 11.4 Å². The standard InChI is InChI=1S/C28H26N2O7/c1-17-11-18(2)19(3)27(12-17)37-23-14-20(13-21(15-23)30(32)33)29-28(31)26-10-9-22(36-26)16-35-25-8-6-5-7-24(25)34-4/h5-15H,16H2,1-4H3,(H,29,31). The summed E-state index contributed by atoms with van der Waals surface area (Å²) in [6, 6.07) is 18.3. The van der Waals surface area contributed by atoms with Crippen LogP contribution in [0.25, 0.3) is 0 Å². The number of hydrogen-bond acceptors (Lipinski definition) is 7. The second-order valence-electron chi connectivity index (χ2n) is 8.44. The number of amides is 1. The summed E-state index contributed by atoms with van der Waals surface area (Å²) in [6.45, 7) is 5.90. The van der Waals surface area contributed by atoms with Gasteiger partial charge in [0.25, 0.3) is 11.6 Å². The Morgan fingerprint density at radius 1 is 0.973 bits per heavy atom. The van der Waals surface area contributed by atoms with E-state index in [-0.39, 0.29) is 29.5 Å². The number of furan rings is 1. The van der Waals surface area contributed by atoms with Gasteiger partial charge in [-0.3, -0.25) is 14.9 Å². The van der Waals surface area contributed by atoms with Crippen molar-refractivity contribution in [2.75, 3.05) is 12.4 Å². The highest BCUT2D eigenvalue weighted by atomic mass is 16.6. The van der Waals surface area contributed by atoms with E-state index in [0.717, 1.165) is 16.7 Å². The van der Waals surface area contributed by atoms with Crippen molar-refractivity contribution in [3.63, 3.8) is 0 Å². The highest BCUT2D eigenvalue weighted by Crippen LogP contribution is 2.33. The number of benzene rings is 3. The summed E-state index contributed by atoms with van der Waals surface area (Å²) in [5.41, 5.74) is 2.93. The first-order valence-corrected chi connectivity index (χ1v) is 11.4. The van der Waals surface area contributed by atoms with Crippen LogP contribution in [-0.2, 0) is 6.61 Å². The molecule has 1 amide bonds. The van der Waals surface area contributed by atoms with Crippen molar-refractivity contribution in [1.29, 1.82) is 0 Å². The Balaban J connectivity index is 1.50. The highest BCUT2D eigenvalue weighted by molar-refractivity contribution is 6.02. The first kappa shape index (κ1) is 25.3. The number of carbonyl (C=O) groups excluding carboxylic acids is 1. The zero-order chi connectivity index (χ0) is 26.5. The lowest BCUT2D eigenvalue weighted by Crippen LogP contribution is -2.11. The first-order chi connectivity index (χ1) is 17.7. The molecule has 0 bridgehead atoms. The molecule has 0 atom stereocenters. The fraction of sp³-hybridized carbons (Fsp3) is 0.179. The number of methoxy groups -OCH3 is 1. The topological polar surface area (TPSA) is 113 Å². The van der Waals surface area contributed by atoms with Crippen LogP contribution in [0.5, 0.6) is 23.0 Å². The number of non-ortho nitro benzene ring substituents is 1. The number of carbonyl (C=O) groups is 1. The molecule has 1 heterocycles. The van der Waals surface area contributed by atoms with Crippen LogP contribution < -0.4 is 19.5 Å². The zero-order valence-corrected chi connectivity index (χ0v) is 20.9. The molecule has 0 aliphatic rings. The van der Waals surface area contributed by atoms with Gasteiger partial charge in [0.05, 0.1) is 23.8 Å². The number of rotatable bonds is 9. The maximum Gasteiger partial charge on any atom is 0.291 e. The van der Waals surface area contributed by atoms with Crippen molar-refractivity contribution in [3.8, 4) is 23.0 Å². The Hall–Kier alpha value is -4.79. The van der Waals surface area contributed by atoms with Crippen molar-refractivity contribution < 1.29 is 28.3 Å². The third-order valence-electron chi connectivity index (χ3n) is 5.68. The molecule has 4 aromatic rings. The lowest BCUT2D eigenvalue weighted by molar-refractivity contribution is -0.384. The van der Waals surface area contributed by atoms with Gasteiger partial charge in [0.15, 0.2) is 17.3 Å². The van der Waals surface area contributed by atoms with Crippen molar-refractivity contribution >= 4 is 17.3 Å². The molecule has 1 N–H and O–H groups in total. The lowest BCUT2D eigenvalue weighted by Gasteiger charge is -2.13. The average molecular weight is 503 g/mol.